The van der Waals surface area contributed by atoms with Gasteiger partial charge in [0.2, 0.25) is 11.9 Å². The Labute approximate surface area is 188 Å². The zero-order valence-corrected chi connectivity index (χ0v) is 17.8. The molecule has 33 heavy (non-hydrogen) atoms. The lowest BCUT2D eigenvalue weighted by molar-refractivity contribution is -0.143. The number of aliphatic carboxylic acids is 2. The van der Waals surface area contributed by atoms with Crippen molar-refractivity contribution in [3.63, 3.8) is 0 Å². The summed E-state index contributed by atoms with van der Waals surface area (Å²) in [5, 5.41) is 26.5. The number of allylic oxidation sites excluding steroid dienone is 2. The first-order chi connectivity index (χ1) is 15.7. The number of carbonyl (C=O) groups excluding carboxylic acids is 1. The van der Waals surface area contributed by atoms with Crippen molar-refractivity contribution in [3.05, 3.63) is 46.2 Å². The molecule has 3 rings (SSSR count). The average Bonchev–Trinajstić information content (AvgIpc) is 2.75. The van der Waals surface area contributed by atoms with Crippen molar-refractivity contribution >= 4 is 35.3 Å². The van der Waals surface area contributed by atoms with Crippen LogP contribution in [0.4, 0.5) is 17.5 Å². The summed E-state index contributed by atoms with van der Waals surface area (Å²) < 4.78 is 0. The number of carbonyl (C=O) groups is 3. The van der Waals surface area contributed by atoms with Crippen LogP contribution in [0.1, 0.15) is 19.3 Å². The predicted molar refractivity (Wildman–Crippen MR) is 119 cm³/mol. The van der Waals surface area contributed by atoms with Gasteiger partial charge in [0, 0.05) is 25.4 Å². The van der Waals surface area contributed by atoms with E-state index in [-0.39, 0.29) is 24.3 Å². The van der Waals surface area contributed by atoms with Crippen molar-refractivity contribution in [1.82, 2.24) is 20.6 Å². The van der Waals surface area contributed by atoms with Crippen LogP contribution >= 0.6 is 0 Å². The van der Waals surface area contributed by atoms with E-state index in [4.69, 9.17) is 10.8 Å². The molecule has 1 aromatic rings. The minimum atomic E-state index is -1.28. The molecule has 0 saturated heterocycles. The maximum absolute atomic E-state index is 12.4. The lowest BCUT2D eigenvalue weighted by Gasteiger charge is -2.28. The summed E-state index contributed by atoms with van der Waals surface area (Å²) in [6.07, 6.45) is 6.66. The number of amides is 1. The second-order valence-corrected chi connectivity index (χ2v) is 7.53. The van der Waals surface area contributed by atoms with Crippen LogP contribution in [-0.4, -0.2) is 57.7 Å². The largest absolute Gasteiger partial charge is 0.481 e. The number of fused-ring (bicyclic) bond motifs is 1. The number of likely N-dealkylation sites (N-methyl/N-ethyl adjacent to an activating group) is 1. The summed E-state index contributed by atoms with van der Waals surface area (Å²) in [5.74, 6) is -3.09. The van der Waals surface area contributed by atoms with Gasteiger partial charge in [0.1, 0.15) is 6.04 Å². The summed E-state index contributed by atoms with van der Waals surface area (Å²) >= 11 is 0. The van der Waals surface area contributed by atoms with Gasteiger partial charge in [0.25, 0.3) is 5.56 Å². The van der Waals surface area contributed by atoms with E-state index in [2.05, 4.69) is 25.9 Å². The minimum absolute atomic E-state index is 0.0160. The van der Waals surface area contributed by atoms with Gasteiger partial charge < -0.3 is 36.8 Å². The van der Waals surface area contributed by atoms with Gasteiger partial charge in [-0.3, -0.25) is 19.4 Å². The summed E-state index contributed by atoms with van der Waals surface area (Å²) in [4.78, 5) is 54.7. The number of rotatable bonds is 9. The van der Waals surface area contributed by atoms with Gasteiger partial charge >= 0.3 is 11.9 Å². The van der Waals surface area contributed by atoms with E-state index in [1.165, 1.54) is 0 Å². The Bertz CT molecular complexity index is 1110. The fourth-order valence-electron chi connectivity index (χ4n) is 3.40. The lowest BCUT2D eigenvalue weighted by atomic mass is 9.97. The highest BCUT2D eigenvalue weighted by Crippen LogP contribution is 2.26. The van der Waals surface area contributed by atoms with Crippen LogP contribution in [0.5, 0.6) is 0 Å². The average molecular weight is 459 g/mol. The van der Waals surface area contributed by atoms with Gasteiger partial charge in [-0.25, -0.2) is 4.79 Å². The van der Waals surface area contributed by atoms with Crippen LogP contribution in [0.2, 0.25) is 0 Å². The molecule has 176 valence electrons. The maximum Gasteiger partial charge on any atom is 0.326 e. The van der Waals surface area contributed by atoms with Gasteiger partial charge in [-0.05, 0) is 18.9 Å². The van der Waals surface area contributed by atoms with Gasteiger partial charge in [-0.15, -0.1) is 0 Å². The van der Waals surface area contributed by atoms with Crippen molar-refractivity contribution < 1.29 is 24.6 Å². The number of nitrogens with two attached hydrogens (primary N) is 1. The van der Waals surface area contributed by atoms with E-state index in [9.17, 15) is 24.3 Å². The third-order valence-electron chi connectivity index (χ3n) is 5.23. The molecule has 2 aliphatic rings. The molecule has 2 heterocycles. The Balaban J connectivity index is 1.54. The first-order valence-corrected chi connectivity index (χ1v) is 10.1. The van der Waals surface area contributed by atoms with Gasteiger partial charge in [0.15, 0.2) is 11.5 Å². The predicted octanol–water partition coefficient (Wildman–Crippen LogP) is -0.461. The zero-order chi connectivity index (χ0) is 24.1. The molecule has 0 saturated carbocycles. The topological polar surface area (TPSA) is 203 Å². The Kier molecular flexibility index (Phi) is 7.00. The Morgan fingerprint density at radius 3 is 2.76 bits per heavy atom. The SMILES string of the molecule is CN1C(CNC2=CCC(C(=O)NC(CCC(=O)O)C(=O)O)C=C2)=CNc2nc(N)[nH]c(=O)c21. The lowest BCUT2D eigenvalue weighted by Crippen LogP contribution is -2.43. The molecule has 0 fully saturated rings. The molecule has 2 atom stereocenters. The molecule has 1 aromatic heterocycles. The van der Waals surface area contributed by atoms with E-state index < -0.39 is 29.8 Å². The van der Waals surface area contributed by atoms with Crippen molar-refractivity contribution in [2.24, 2.45) is 5.92 Å². The molecule has 1 aliphatic carbocycles. The summed E-state index contributed by atoms with van der Waals surface area (Å²) in [6, 6.07) is -1.26. The van der Waals surface area contributed by atoms with Gasteiger partial charge in [-0.2, -0.15) is 4.98 Å². The zero-order valence-electron chi connectivity index (χ0n) is 17.8. The molecule has 1 amide bonds. The van der Waals surface area contributed by atoms with Crippen molar-refractivity contribution in [2.75, 3.05) is 29.5 Å². The number of aromatic nitrogens is 2. The number of hydrogen-bond acceptors (Lipinski definition) is 9. The van der Waals surface area contributed by atoms with Crippen molar-refractivity contribution in [1.29, 1.82) is 0 Å². The van der Waals surface area contributed by atoms with Gasteiger partial charge in [0.05, 0.1) is 18.2 Å². The molecule has 1 aliphatic heterocycles. The van der Waals surface area contributed by atoms with E-state index in [1.54, 1.807) is 36.4 Å². The number of carboxylic acids is 2. The number of hydrogen-bond donors (Lipinski definition) is 7. The van der Waals surface area contributed by atoms with E-state index in [0.717, 1.165) is 11.4 Å². The Morgan fingerprint density at radius 1 is 1.36 bits per heavy atom. The van der Waals surface area contributed by atoms with Crippen LogP contribution in [-0.2, 0) is 14.4 Å². The number of H-pyrrole nitrogens is 1. The van der Waals surface area contributed by atoms with Crippen molar-refractivity contribution in [2.45, 2.75) is 25.3 Å². The van der Waals surface area contributed by atoms with Crippen LogP contribution in [0.25, 0.3) is 0 Å². The maximum atomic E-state index is 12.4. The second kappa shape index (κ2) is 9.89. The minimum Gasteiger partial charge on any atom is -0.481 e. The third-order valence-corrected chi connectivity index (χ3v) is 5.23. The van der Waals surface area contributed by atoms with Crippen molar-refractivity contribution in [3.8, 4) is 0 Å². The van der Waals surface area contributed by atoms with Crippen LogP contribution in [0.15, 0.2) is 40.6 Å². The fraction of sp³-hybridized carbons (Fsp3) is 0.350. The number of nitrogens with zero attached hydrogens (tertiary/aromatic N) is 2. The Morgan fingerprint density at radius 2 is 2.12 bits per heavy atom. The molecule has 0 aromatic carbocycles. The van der Waals surface area contributed by atoms with E-state index in [1.807, 2.05) is 0 Å². The first-order valence-electron chi connectivity index (χ1n) is 10.1. The Hall–Kier alpha value is -4.29. The highest BCUT2D eigenvalue weighted by atomic mass is 16.4. The number of aromatic amines is 1. The quantitative estimate of drug-likeness (QED) is 0.252. The van der Waals surface area contributed by atoms with Crippen LogP contribution in [0, 0.1) is 5.92 Å². The highest BCUT2D eigenvalue weighted by molar-refractivity contribution is 5.86. The normalized spacial score (nSPS) is 17.7. The molecule has 0 bridgehead atoms. The molecule has 8 N–H and O–H groups in total. The molecule has 13 heteroatoms. The molecular formula is C20H25N7O6. The molecule has 13 nitrogen and oxygen atoms in total. The summed E-state index contributed by atoms with van der Waals surface area (Å²) in [5.41, 5.74) is 7.05. The van der Waals surface area contributed by atoms with Crippen LogP contribution < -0.4 is 32.1 Å². The first kappa shape index (κ1) is 23.4. The number of carboxylic acid groups (broad SMARTS) is 2. The molecule has 0 spiro atoms. The third kappa shape index (κ3) is 5.70. The fourth-order valence-corrected chi connectivity index (χ4v) is 3.40. The number of nitrogens with one attached hydrogen (secondary N) is 4. The van der Waals surface area contributed by atoms with Gasteiger partial charge in [-0.1, -0.05) is 12.2 Å². The van der Waals surface area contributed by atoms with Crippen LogP contribution in [0.3, 0.4) is 0 Å². The second-order valence-electron chi connectivity index (χ2n) is 7.53. The number of anilines is 3. The standard InChI is InChI=1S/C20H25N7O6/c1-27-12(9-23-16-15(27)18(31)26-20(21)25-16)8-22-11-4-2-10(3-5-11)17(30)24-13(19(32)33)6-7-14(28)29/h2,4-5,9-10,13,22H,3,6-8H2,1H3,(H,24,30)(H,28,29)(H,32,33)(H4,21,23,25,26,31). The monoisotopic (exact) mass is 459 g/mol. The summed E-state index contributed by atoms with van der Waals surface area (Å²) in [7, 11) is 1.73. The smallest absolute Gasteiger partial charge is 0.326 e. The molecule has 2 unspecified atom stereocenters. The van der Waals surface area contributed by atoms with E-state index >= 15 is 0 Å². The number of nitrogen functional groups attached to an aromatic ring is 1. The molecule has 0 radical (unpaired) electrons. The summed E-state index contributed by atoms with van der Waals surface area (Å²) in [6.45, 7) is 0.371. The highest BCUT2D eigenvalue weighted by Gasteiger charge is 2.26. The molecular weight excluding hydrogens is 434 g/mol. The van der Waals surface area contributed by atoms with E-state index in [0.29, 0.717) is 24.5 Å².